The van der Waals surface area contributed by atoms with Crippen molar-refractivity contribution < 1.29 is 13.2 Å². The van der Waals surface area contributed by atoms with Crippen LogP contribution in [0.15, 0.2) is 24.3 Å². The fourth-order valence-electron chi connectivity index (χ4n) is 1.67. The van der Waals surface area contributed by atoms with Crippen molar-refractivity contribution in [1.29, 1.82) is 0 Å². The summed E-state index contributed by atoms with van der Waals surface area (Å²) in [5.74, 6) is 5.40. The van der Waals surface area contributed by atoms with Gasteiger partial charge >= 0.3 is 6.18 Å². The number of alkyl halides is 3. The molecular weight excluding hydrogens is 243 g/mol. The summed E-state index contributed by atoms with van der Waals surface area (Å²) in [6.45, 7) is 0.741. The van der Waals surface area contributed by atoms with Crippen LogP contribution >= 0.6 is 0 Å². The first-order valence-electron chi connectivity index (χ1n) is 5.62. The molecule has 0 saturated carbocycles. The van der Waals surface area contributed by atoms with Gasteiger partial charge in [-0.05, 0) is 44.8 Å². The lowest BCUT2D eigenvalue weighted by Crippen LogP contribution is -2.30. The Balaban J connectivity index is 2.86. The highest BCUT2D eigenvalue weighted by atomic mass is 19.4. The van der Waals surface area contributed by atoms with E-state index in [-0.39, 0.29) is 6.04 Å². The molecule has 1 rings (SSSR count). The molecule has 102 valence electrons. The van der Waals surface area contributed by atoms with Gasteiger partial charge in [0, 0.05) is 6.04 Å². The number of hydrogen-bond donors (Lipinski definition) is 2. The van der Waals surface area contributed by atoms with Crippen LogP contribution in [0.4, 0.5) is 13.2 Å². The van der Waals surface area contributed by atoms with Gasteiger partial charge in [-0.3, -0.25) is 11.3 Å². The van der Waals surface area contributed by atoms with E-state index in [1.807, 2.05) is 19.0 Å². The number of rotatable bonds is 5. The number of hydrazine groups is 1. The summed E-state index contributed by atoms with van der Waals surface area (Å²) in [4.78, 5) is 1.96. The Hall–Kier alpha value is -1.11. The highest BCUT2D eigenvalue weighted by Crippen LogP contribution is 2.31. The van der Waals surface area contributed by atoms with Crippen molar-refractivity contribution in [3.63, 3.8) is 0 Å². The summed E-state index contributed by atoms with van der Waals surface area (Å²) in [5.41, 5.74) is 2.46. The fraction of sp³-hybridized carbons (Fsp3) is 0.500. The molecule has 3 N–H and O–H groups in total. The average molecular weight is 261 g/mol. The number of nitrogens with two attached hydrogens (primary N) is 1. The van der Waals surface area contributed by atoms with E-state index in [1.165, 1.54) is 6.07 Å². The van der Waals surface area contributed by atoms with E-state index in [1.54, 1.807) is 6.07 Å². The molecule has 0 radical (unpaired) electrons. The van der Waals surface area contributed by atoms with Gasteiger partial charge in [0.05, 0.1) is 5.56 Å². The largest absolute Gasteiger partial charge is 0.416 e. The van der Waals surface area contributed by atoms with Crippen LogP contribution in [-0.2, 0) is 6.18 Å². The number of hydrogen-bond acceptors (Lipinski definition) is 3. The molecule has 0 heterocycles. The van der Waals surface area contributed by atoms with E-state index in [0.717, 1.165) is 18.7 Å². The Labute approximate surface area is 105 Å². The van der Waals surface area contributed by atoms with Gasteiger partial charge in [-0.15, -0.1) is 0 Å². The number of halogens is 3. The van der Waals surface area contributed by atoms with Gasteiger partial charge in [0.2, 0.25) is 0 Å². The van der Waals surface area contributed by atoms with E-state index in [0.29, 0.717) is 12.0 Å². The Kier molecular flexibility index (Phi) is 5.13. The van der Waals surface area contributed by atoms with Gasteiger partial charge < -0.3 is 4.90 Å². The van der Waals surface area contributed by atoms with Crippen molar-refractivity contribution in [2.24, 2.45) is 5.84 Å². The first kappa shape index (κ1) is 14.9. The molecule has 1 aromatic rings. The summed E-state index contributed by atoms with van der Waals surface area (Å²) >= 11 is 0. The highest BCUT2D eigenvalue weighted by molar-refractivity contribution is 5.27. The second kappa shape index (κ2) is 6.17. The number of benzene rings is 1. The third-order valence-electron chi connectivity index (χ3n) is 2.68. The van der Waals surface area contributed by atoms with Crippen molar-refractivity contribution in [1.82, 2.24) is 10.3 Å². The van der Waals surface area contributed by atoms with Crippen LogP contribution in [0.5, 0.6) is 0 Å². The molecule has 1 unspecified atom stereocenters. The van der Waals surface area contributed by atoms with Crippen LogP contribution in [0.3, 0.4) is 0 Å². The van der Waals surface area contributed by atoms with Crippen LogP contribution in [0.25, 0.3) is 0 Å². The van der Waals surface area contributed by atoms with Crippen LogP contribution in [-0.4, -0.2) is 25.5 Å². The standard InChI is InChI=1S/C12H18F3N3/c1-18(2)7-6-11(17-16)9-4-3-5-10(8-9)12(13,14)15/h3-5,8,11,17H,6-7,16H2,1-2H3. The van der Waals surface area contributed by atoms with E-state index >= 15 is 0 Å². The van der Waals surface area contributed by atoms with Crippen molar-refractivity contribution >= 4 is 0 Å². The molecule has 0 aliphatic rings. The summed E-state index contributed by atoms with van der Waals surface area (Å²) in [6.07, 6.45) is -3.68. The minimum absolute atomic E-state index is 0.283. The van der Waals surface area contributed by atoms with Crippen LogP contribution < -0.4 is 11.3 Å². The summed E-state index contributed by atoms with van der Waals surface area (Å²) in [5, 5.41) is 0. The Morgan fingerprint density at radius 2 is 2.00 bits per heavy atom. The van der Waals surface area contributed by atoms with Crippen molar-refractivity contribution in [3.05, 3.63) is 35.4 Å². The van der Waals surface area contributed by atoms with E-state index < -0.39 is 11.7 Å². The lowest BCUT2D eigenvalue weighted by molar-refractivity contribution is -0.137. The zero-order valence-electron chi connectivity index (χ0n) is 10.5. The van der Waals surface area contributed by atoms with Crippen molar-refractivity contribution in [3.8, 4) is 0 Å². The lowest BCUT2D eigenvalue weighted by atomic mass is 10.0. The average Bonchev–Trinajstić information content (AvgIpc) is 2.29. The third-order valence-corrected chi connectivity index (χ3v) is 2.68. The normalized spacial score (nSPS) is 13.9. The summed E-state index contributed by atoms with van der Waals surface area (Å²) in [6, 6.07) is 4.96. The first-order chi connectivity index (χ1) is 8.34. The van der Waals surface area contributed by atoms with Crippen LogP contribution in [0, 0.1) is 0 Å². The predicted octanol–water partition coefficient (Wildman–Crippen LogP) is 2.16. The van der Waals surface area contributed by atoms with E-state index in [9.17, 15) is 13.2 Å². The molecule has 0 bridgehead atoms. The molecule has 1 atom stereocenters. The maximum Gasteiger partial charge on any atom is 0.416 e. The predicted molar refractivity (Wildman–Crippen MR) is 64.7 cm³/mol. The Morgan fingerprint density at radius 1 is 1.33 bits per heavy atom. The third kappa shape index (κ3) is 4.29. The maximum absolute atomic E-state index is 12.6. The van der Waals surface area contributed by atoms with Gasteiger partial charge in [-0.1, -0.05) is 12.1 Å². The molecule has 3 nitrogen and oxygen atoms in total. The van der Waals surface area contributed by atoms with Crippen LogP contribution in [0.2, 0.25) is 0 Å². The topological polar surface area (TPSA) is 41.3 Å². The van der Waals surface area contributed by atoms with Gasteiger partial charge in [-0.2, -0.15) is 13.2 Å². The molecule has 0 aromatic heterocycles. The second-order valence-corrected chi connectivity index (χ2v) is 4.43. The fourth-order valence-corrected chi connectivity index (χ4v) is 1.67. The number of nitrogens with one attached hydrogen (secondary N) is 1. The molecule has 0 amide bonds. The Morgan fingerprint density at radius 3 is 2.50 bits per heavy atom. The van der Waals surface area contributed by atoms with Crippen molar-refractivity contribution in [2.75, 3.05) is 20.6 Å². The minimum Gasteiger partial charge on any atom is -0.309 e. The van der Waals surface area contributed by atoms with Crippen molar-refractivity contribution in [2.45, 2.75) is 18.6 Å². The summed E-state index contributed by atoms with van der Waals surface area (Å²) < 4.78 is 37.8. The van der Waals surface area contributed by atoms with Gasteiger partial charge in [-0.25, -0.2) is 0 Å². The molecule has 0 saturated heterocycles. The van der Waals surface area contributed by atoms with Gasteiger partial charge in [0.25, 0.3) is 0 Å². The van der Waals surface area contributed by atoms with E-state index in [2.05, 4.69) is 5.43 Å². The Bertz CT molecular complexity index is 377. The van der Waals surface area contributed by atoms with Crippen LogP contribution in [0.1, 0.15) is 23.6 Å². The molecular formula is C12H18F3N3. The zero-order chi connectivity index (χ0) is 13.8. The molecule has 0 aliphatic carbocycles. The SMILES string of the molecule is CN(C)CCC(NN)c1cccc(C(F)(F)F)c1. The highest BCUT2D eigenvalue weighted by Gasteiger charge is 2.30. The molecule has 6 heteroatoms. The minimum atomic E-state index is -4.32. The quantitative estimate of drug-likeness (QED) is 0.630. The van der Waals surface area contributed by atoms with Gasteiger partial charge in [0.15, 0.2) is 0 Å². The smallest absolute Gasteiger partial charge is 0.309 e. The maximum atomic E-state index is 12.6. The van der Waals surface area contributed by atoms with E-state index in [4.69, 9.17) is 5.84 Å². The molecule has 0 spiro atoms. The molecule has 18 heavy (non-hydrogen) atoms. The zero-order valence-corrected chi connectivity index (χ0v) is 10.5. The first-order valence-corrected chi connectivity index (χ1v) is 5.62. The second-order valence-electron chi connectivity index (χ2n) is 4.43. The molecule has 1 aromatic carbocycles. The molecule has 0 fully saturated rings. The van der Waals surface area contributed by atoms with Gasteiger partial charge in [0.1, 0.15) is 0 Å². The number of nitrogens with zero attached hydrogens (tertiary/aromatic N) is 1. The summed E-state index contributed by atoms with van der Waals surface area (Å²) in [7, 11) is 3.80. The molecule has 0 aliphatic heterocycles. The lowest BCUT2D eigenvalue weighted by Gasteiger charge is -2.19. The monoisotopic (exact) mass is 261 g/mol.